The van der Waals surface area contributed by atoms with Crippen LogP contribution in [0.5, 0.6) is 0 Å². The fourth-order valence-electron chi connectivity index (χ4n) is 0.988. The van der Waals surface area contributed by atoms with Crippen LogP contribution in [0.2, 0.25) is 5.54 Å². The first-order valence-corrected chi connectivity index (χ1v) is 5.54. The molecule has 0 aliphatic heterocycles. The minimum Gasteiger partial charge on any atom is -0.424 e. The van der Waals surface area contributed by atoms with E-state index in [1.54, 1.807) is 0 Å². The average molecular weight is 170 g/mol. The Hall–Kier alpha value is -0.343. The molecule has 0 aromatic rings. The van der Waals surface area contributed by atoms with Gasteiger partial charge in [0.25, 0.3) is 0 Å². The Bertz CT molecular complexity index is 102. The molecule has 0 N–H and O–H groups in total. The van der Waals surface area contributed by atoms with Crippen LogP contribution >= 0.6 is 0 Å². The van der Waals surface area contributed by atoms with Gasteiger partial charge >= 0.3 is 0 Å². The van der Waals surface area contributed by atoms with Crippen LogP contribution < -0.4 is 0 Å². The maximum atomic E-state index is 5.44. The van der Waals surface area contributed by atoms with E-state index in [2.05, 4.69) is 13.2 Å². The van der Waals surface area contributed by atoms with Gasteiger partial charge in [0.1, 0.15) is 0 Å². The zero-order valence-electron chi connectivity index (χ0n) is 7.38. The smallest absolute Gasteiger partial charge is 0.165 e. The fraction of sp³-hybridized carbons (Fsp3) is 0.556. The second-order valence-corrected chi connectivity index (χ2v) is 4.47. The molecule has 11 heavy (non-hydrogen) atoms. The Labute approximate surface area is 72.1 Å². The Morgan fingerprint density at radius 1 is 1.36 bits per heavy atom. The summed E-state index contributed by atoms with van der Waals surface area (Å²) >= 11 is 0. The standard InChI is InChI=1S/C9H18OSi/c1-4-7-9(8-5-2)11-10-6-3/h4-5,9H,1-2,6-8,11H2,3H3. The summed E-state index contributed by atoms with van der Waals surface area (Å²) in [6.45, 7) is 10.4. The first-order chi connectivity index (χ1) is 5.35. The quantitative estimate of drug-likeness (QED) is 0.420. The molecule has 64 valence electrons. The normalized spacial score (nSPS) is 11.1. The summed E-state index contributed by atoms with van der Waals surface area (Å²) in [6.07, 6.45) is 6.11. The largest absolute Gasteiger partial charge is 0.424 e. The molecule has 0 aliphatic rings. The molecule has 2 heteroatoms. The van der Waals surface area contributed by atoms with E-state index < -0.39 is 0 Å². The minimum absolute atomic E-state index is 0.339. The molecule has 0 unspecified atom stereocenters. The van der Waals surface area contributed by atoms with Gasteiger partial charge in [-0.2, -0.15) is 0 Å². The SMILES string of the molecule is C=CCC(CC=C)[SiH2]OCC. The van der Waals surface area contributed by atoms with E-state index in [1.165, 1.54) is 0 Å². The van der Waals surface area contributed by atoms with Gasteiger partial charge in [-0.3, -0.25) is 0 Å². The van der Waals surface area contributed by atoms with Gasteiger partial charge in [-0.1, -0.05) is 12.2 Å². The monoisotopic (exact) mass is 170 g/mol. The highest BCUT2D eigenvalue weighted by Gasteiger charge is 2.04. The Kier molecular flexibility index (Phi) is 7.52. The summed E-state index contributed by atoms with van der Waals surface area (Å²) in [5, 5.41) is 0. The second kappa shape index (κ2) is 7.76. The molecular weight excluding hydrogens is 152 g/mol. The van der Waals surface area contributed by atoms with Crippen LogP contribution in [0, 0.1) is 0 Å². The van der Waals surface area contributed by atoms with Crippen LogP contribution in [0.1, 0.15) is 19.8 Å². The van der Waals surface area contributed by atoms with Crippen LogP contribution in [0.3, 0.4) is 0 Å². The Morgan fingerprint density at radius 2 is 1.91 bits per heavy atom. The molecule has 0 aliphatic carbocycles. The van der Waals surface area contributed by atoms with Crippen LogP contribution in [-0.4, -0.2) is 16.4 Å². The van der Waals surface area contributed by atoms with Gasteiger partial charge in [-0.05, 0) is 25.3 Å². The highest BCUT2D eigenvalue weighted by molar-refractivity contribution is 6.29. The lowest BCUT2D eigenvalue weighted by molar-refractivity contribution is 0.352. The zero-order valence-corrected chi connectivity index (χ0v) is 8.80. The van der Waals surface area contributed by atoms with Gasteiger partial charge in [-0.25, -0.2) is 0 Å². The third kappa shape index (κ3) is 6.07. The first kappa shape index (κ1) is 10.7. The van der Waals surface area contributed by atoms with Gasteiger partial charge < -0.3 is 4.43 Å². The second-order valence-electron chi connectivity index (χ2n) is 2.57. The average Bonchev–Trinajstić information content (AvgIpc) is 2.01. The number of hydrogen-bond acceptors (Lipinski definition) is 1. The summed E-state index contributed by atoms with van der Waals surface area (Å²) in [5.41, 5.74) is 0.713. The van der Waals surface area contributed by atoms with Crippen molar-refractivity contribution >= 4 is 9.76 Å². The van der Waals surface area contributed by atoms with E-state index in [1.807, 2.05) is 19.1 Å². The van der Waals surface area contributed by atoms with Gasteiger partial charge in [0, 0.05) is 6.61 Å². The molecule has 0 bridgehead atoms. The van der Waals surface area contributed by atoms with Crippen molar-refractivity contribution in [3.05, 3.63) is 25.3 Å². The summed E-state index contributed by atoms with van der Waals surface area (Å²) < 4.78 is 5.44. The summed E-state index contributed by atoms with van der Waals surface area (Å²) in [4.78, 5) is 0. The van der Waals surface area contributed by atoms with E-state index in [0.29, 0.717) is 5.54 Å². The van der Waals surface area contributed by atoms with Crippen LogP contribution in [0.15, 0.2) is 25.3 Å². The van der Waals surface area contributed by atoms with Crippen LogP contribution in [-0.2, 0) is 4.43 Å². The summed E-state index contributed by atoms with van der Waals surface area (Å²) in [5.74, 6) is 0. The molecule has 0 atom stereocenters. The number of rotatable bonds is 7. The molecule has 0 fully saturated rings. The third-order valence-electron chi connectivity index (χ3n) is 1.56. The van der Waals surface area contributed by atoms with Crippen molar-refractivity contribution in [3.8, 4) is 0 Å². The topological polar surface area (TPSA) is 9.23 Å². The molecule has 1 nitrogen and oxygen atoms in total. The lowest BCUT2D eigenvalue weighted by atomic mass is 10.2. The van der Waals surface area contributed by atoms with Crippen LogP contribution in [0.25, 0.3) is 0 Å². The van der Waals surface area contributed by atoms with Crippen molar-refractivity contribution in [2.24, 2.45) is 0 Å². The first-order valence-electron chi connectivity index (χ1n) is 4.14. The molecule has 0 aromatic carbocycles. The van der Waals surface area contributed by atoms with Crippen molar-refractivity contribution < 1.29 is 4.43 Å². The lowest BCUT2D eigenvalue weighted by Crippen LogP contribution is -2.06. The summed E-state index contributed by atoms with van der Waals surface area (Å²) in [7, 11) is -0.339. The van der Waals surface area contributed by atoms with E-state index in [-0.39, 0.29) is 9.76 Å². The van der Waals surface area contributed by atoms with Crippen molar-refractivity contribution in [2.45, 2.75) is 25.3 Å². The molecule has 0 saturated carbocycles. The Balaban J connectivity index is 3.49. The predicted molar refractivity (Wildman–Crippen MR) is 53.5 cm³/mol. The van der Waals surface area contributed by atoms with E-state index >= 15 is 0 Å². The highest BCUT2D eigenvalue weighted by Crippen LogP contribution is 2.15. The molecule has 0 rings (SSSR count). The van der Waals surface area contributed by atoms with Gasteiger partial charge in [0.15, 0.2) is 9.76 Å². The molecule has 0 heterocycles. The number of allylic oxidation sites excluding steroid dienone is 2. The maximum Gasteiger partial charge on any atom is 0.165 e. The van der Waals surface area contributed by atoms with Crippen molar-refractivity contribution in [1.29, 1.82) is 0 Å². The predicted octanol–water partition coefficient (Wildman–Crippen LogP) is 2.05. The molecule has 0 amide bonds. The molecule has 0 spiro atoms. The number of hydrogen-bond donors (Lipinski definition) is 0. The molecule has 0 aromatic heterocycles. The third-order valence-corrected chi connectivity index (χ3v) is 3.34. The highest BCUT2D eigenvalue weighted by atomic mass is 28.2. The minimum atomic E-state index is -0.339. The zero-order chi connectivity index (χ0) is 8.53. The molecule has 0 saturated heterocycles. The van der Waals surface area contributed by atoms with Gasteiger partial charge in [0.05, 0.1) is 0 Å². The summed E-state index contributed by atoms with van der Waals surface area (Å²) in [6, 6.07) is 0. The molecule has 0 radical (unpaired) electrons. The van der Waals surface area contributed by atoms with Gasteiger partial charge in [-0.15, -0.1) is 13.2 Å². The van der Waals surface area contributed by atoms with E-state index in [9.17, 15) is 0 Å². The van der Waals surface area contributed by atoms with Gasteiger partial charge in [0.2, 0.25) is 0 Å². The van der Waals surface area contributed by atoms with Crippen molar-refractivity contribution in [2.75, 3.05) is 6.61 Å². The Morgan fingerprint density at radius 3 is 2.27 bits per heavy atom. The van der Waals surface area contributed by atoms with Crippen LogP contribution in [0.4, 0.5) is 0 Å². The van der Waals surface area contributed by atoms with E-state index in [4.69, 9.17) is 4.43 Å². The lowest BCUT2D eigenvalue weighted by Gasteiger charge is -2.10. The molecular formula is C9H18OSi. The maximum absolute atomic E-state index is 5.44. The van der Waals surface area contributed by atoms with E-state index in [0.717, 1.165) is 19.4 Å². The fourth-order valence-corrected chi connectivity index (χ4v) is 2.30. The van der Waals surface area contributed by atoms with Crippen molar-refractivity contribution in [1.82, 2.24) is 0 Å². The van der Waals surface area contributed by atoms with Crippen molar-refractivity contribution in [3.63, 3.8) is 0 Å².